The largest absolute Gasteiger partial charge is 0.491 e. The standard InChI is InChI=1S/C15H15ClN2O3/c1-20-7-8-21-13-4-2-3-12(9-13)18-15(19)11-5-6-14(16)17-10-11/h2-6,9-10H,7-8H2,1H3,(H,18,19). The van der Waals surface area contributed by atoms with E-state index in [1.54, 1.807) is 37.4 Å². The minimum absolute atomic E-state index is 0.256. The first-order chi connectivity index (χ1) is 10.2. The smallest absolute Gasteiger partial charge is 0.257 e. The number of benzene rings is 1. The number of nitrogens with one attached hydrogen (secondary N) is 1. The number of anilines is 1. The van der Waals surface area contributed by atoms with E-state index in [2.05, 4.69) is 10.3 Å². The van der Waals surface area contributed by atoms with Gasteiger partial charge in [0.05, 0.1) is 12.2 Å². The summed E-state index contributed by atoms with van der Waals surface area (Å²) < 4.78 is 10.4. The Kier molecular flexibility index (Phi) is 5.54. The van der Waals surface area contributed by atoms with Crippen molar-refractivity contribution in [2.24, 2.45) is 0 Å². The van der Waals surface area contributed by atoms with Gasteiger partial charge in [0, 0.05) is 25.1 Å². The molecule has 0 saturated heterocycles. The summed E-state index contributed by atoms with van der Waals surface area (Å²) in [6, 6.07) is 10.3. The molecule has 1 aromatic heterocycles. The van der Waals surface area contributed by atoms with Crippen molar-refractivity contribution in [1.82, 2.24) is 4.98 Å². The third-order valence-corrected chi connectivity index (χ3v) is 2.86. The molecule has 0 aliphatic rings. The van der Waals surface area contributed by atoms with Crippen molar-refractivity contribution in [1.29, 1.82) is 0 Å². The van der Waals surface area contributed by atoms with Crippen molar-refractivity contribution < 1.29 is 14.3 Å². The summed E-state index contributed by atoms with van der Waals surface area (Å²) in [5.74, 6) is 0.410. The maximum Gasteiger partial charge on any atom is 0.257 e. The number of nitrogens with zero attached hydrogens (tertiary/aromatic N) is 1. The lowest BCUT2D eigenvalue weighted by Crippen LogP contribution is -2.12. The van der Waals surface area contributed by atoms with E-state index in [4.69, 9.17) is 21.1 Å². The molecule has 2 aromatic rings. The molecule has 1 amide bonds. The molecule has 2 rings (SSSR count). The van der Waals surface area contributed by atoms with E-state index in [-0.39, 0.29) is 5.91 Å². The maximum absolute atomic E-state index is 12.0. The molecule has 5 nitrogen and oxygen atoms in total. The Hall–Kier alpha value is -2.11. The van der Waals surface area contributed by atoms with Gasteiger partial charge in [-0.05, 0) is 24.3 Å². The molecule has 0 atom stereocenters. The molecule has 0 unspecified atom stereocenters. The van der Waals surface area contributed by atoms with Crippen molar-refractivity contribution in [3.05, 3.63) is 53.3 Å². The monoisotopic (exact) mass is 306 g/mol. The predicted octanol–water partition coefficient (Wildman–Crippen LogP) is 3.01. The highest BCUT2D eigenvalue weighted by Gasteiger charge is 2.07. The molecule has 0 aliphatic heterocycles. The van der Waals surface area contributed by atoms with Gasteiger partial charge in [-0.3, -0.25) is 4.79 Å². The van der Waals surface area contributed by atoms with Gasteiger partial charge in [-0.2, -0.15) is 0 Å². The summed E-state index contributed by atoms with van der Waals surface area (Å²) in [5.41, 5.74) is 1.08. The highest BCUT2D eigenvalue weighted by Crippen LogP contribution is 2.18. The second-order valence-corrected chi connectivity index (χ2v) is 4.58. The lowest BCUT2D eigenvalue weighted by molar-refractivity contribution is 0.102. The van der Waals surface area contributed by atoms with Gasteiger partial charge in [-0.15, -0.1) is 0 Å². The molecule has 0 radical (unpaired) electrons. The van der Waals surface area contributed by atoms with Crippen LogP contribution >= 0.6 is 11.6 Å². The van der Waals surface area contributed by atoms with Crippen LogP contribution in [0.25, 0.3) is 0 Å². The molecule has 0 fully saturated rings. The van der Waals surface area contributed by atoms with E-state index in [0.717, 1.165) is 0 Å². The van der Waals surface area contributed by atoms with Crippen LogP contribution in [0.15, 0.2) is 42.6 Å². The molecule has 1 N–H and O–H groups in total. The van der Waals surface area contributed by atoms with E-state index < -0.39 is 0 Å². The first-order valence-corrected chi connectivity index (χ1v) is 6.71. The number of methoxy groups -OCH3 is 1. The number of ether oxygens (including phenoxy) is 2. The van der Waals surface area contributed by atoms with Gasteiger partial charge in [-0.25, -0.2) is 4.98 Å². The molecule has 21 heavy (non-hydrogen) atoms. The van der Waals surface area contributed by atoms with Crippen molar-refractivity contribution in [3.63, 3.8) is 0 Å². The quantitative estimate of drug-likeness (QED) is 0.658. The highest BCUT2D eigenvalue weighted by molar-refractivity contribution is 6.29. The fourth-order valence-corrected chi connectivity index (χ4v) is 1.73. The van der Waals surface area contributed by atoms with E-state index in [1.165, 1.54) is 6.20 Å². The van der Waals surface area contributed by atoms with Gasteiger partial charge in [0.1, 0.15) is 17.5 Å². The van der Waals surface area contributed by atoms with Gasteiger partial charge in [0.15, 0.2) is 0 Å². The fourth-order valence-electron chi connectivity index (χ4n) is 1.62. The minimum Gasteiger partial charge on any atom is -0.491 e. The molecular weight excluding hydrogens is 292 g/mol. The first-order valence-electron chi connectivity index (χ1n) is 6.34. The third kappa shape index (κ3) is 4.73. The fraction of sp³-hybridized carbons (Fsp3) is 0.200. The van der Waals surface area contributed by atoms with Crippen LogP contribution in [-0.2, 0) is 4.74 Å². The summed E-state index contributed by atoms with van der Waals surface area (Å²) in [5, 5.41) is 3.12. The summed E-state index contributed by atoms with van der Waals surface area (Å²) in [4.78, 5) is 15.9. The van der Waals surface area contributed by atoms with E-state index in [1.807, 2.05) is 6.07 Å². The zero-order valence-corrected chi connectivity index (χ0v) is 12.3. The van der Waals surface area contributed by atoms with Gasteiger partial charge < -0.3 is 14.8 Å². The Bertz CT molecular complexity index is 602. The summed E-state index contributed by atoms with van der Waals surface area (Å²) in [6.07, 6.45) is 1.43. The van der Waals surface area contributed by atoms with E-state index in [9.17, 15) is 4.79 Å². The van der Waals surface area contributed by atoms with Gasteiger partial charge in [0.2, 0.25) is 0 Å². The second kappa shape index (κ2) is 7.61. The number of rotatable bonds is 6. The number of hydrogen-bond acceptors (Lipinski definition) is 4. The molecule has 0 saturated carbocycles. The van der Waals surface area contributed by atoms with Crippen LogP contribution in [0.2, 0.25) is 5.15 Å². The van der Waals surface area contributed by atoms with Crippen LogP contribution in [0.3, 0.4) is 0 Å². The van der Waals surface area contributed by atoms with Crippen LogP contribution in [-0.4, -0.2) is 31.2 Å². The number of hydrogen-bond donors (Lipinski definition) is 1. The van der Waals surface area contributed by atoms with E-state index >= 15 is 0 Å². The zero-order valence-electron chi connectivity index (χ0n) is 11.5. The van der Waals surface area contributed by atoms with Crippen LogP contribution < -0.4 is 10.1 Å². The normalized spacial score (nSPS) is 10.2. The van der Waals surface area contributed by atoms with Crippen LogP contribution in [0.1, 0.15) is 10.4 Å². The average Bonchev–Trinajstić information content (AvgIpc) is 2.48. The Balaban J connectivity index is 2.00. The molecule has 0 aliphatic carbocycles. The number of carbonyl (C=O) groups excluding carboxylic acids is 1. The van der Waals surface area contributed by atoms with Crippen LogP contribution in [0, 0.1) is 0 Å². The van der Waals surface area contributed by atoms with Gasteiger partial charge in [-0.1, -0.05) is 17.7 Å². The third-order valence-electron chi connectivity index (χ3n) is 2.64. The maximum atomic E-state index is 12.0. The Morgan fingerprint density at radius 2 is 2.14 bits per heavy atom. The van der Waals surface area contributed by atoms with Crippen molar-refractivity contribution in [2.45, 2.75) is 0 Å². The second-order valence-electron chi connectivity index (χ2n) is 4.19. The average molecular weight is 307 g/mol. The van der Waals surface area contributed by atoms with Crippen molar-refractivity contribution in [2.75, 3.05) is 25.6 Å². The summed E-state index contributed by atoms with van der Waals surface area (Å²) >= 11 is 5.69. The highest BCUT2D eigenvalue weighted by atomic mass is 35.5. The molecular formula is C15H15ClN2O3. The topological polar surface area (TPSA) is 60.5 Å². The number of halogens is 1. The number of carbonyl (C=O) groups is 1. The Morgan fingerprint density at radius 3 is 2.86 bits per heavy atom. The van der Waals surface area contributed by atoms with Crippen LogP contribution in [0.5, 0.6) is 5.75 Å². The Labute approximate surface area is 127 Å². The molecule has 0 spiro atoms. The Morgan fingerprint density at radius 1 is 1.29 bits per heavy atom. The number of aromatic nitrogens is 1. The molecule has 0 bridgehead atoms. The molecule has 1 aromatic carbocycles. The first kappa shape index (κ1) is 15.3. The number of amides is 1. The number of pyridine rings is 1. The zero-order chi connectivity index (χ0) is 15.1. The van der Waals surface area contributed by atoms with E-state index in [0.29, 0.717) is 35.4 Å². The summed E-state index contributed by atoms with van der Waals surface area (Å²) in [7, 11) is 1.61. The SMILES string of the molecule is COCCOc1cccc(NC(=O)c2ccc(Cl)nc2)c1. The van der Waals surface area contributed by atoms with Crippen molar-refractivity contribution >= 4 is 23.2 Å². The minimum atomic E-state index is -0.256. The molecule has 1 heterocycles. The van der Waals surface area contributed by atoms with Gasteiger partial charge in [0.25, 0.3) is 5.91 Å². The van der Waals surface area contributed by atoms with Gasteiger partial charge >= 0.3 is 0 Å². The lowest BCUT2D eigenvalue weighted by atomic mass is 10.2. The van der Waals surface area contributed by atoms with Crippen molar-refractivity contribution in [3.8, 4) is 5.75 Å². The molecule has 110 valence electrons. The lowest BCUT2D eigenvalue weighted by Gasteiger charge is -2.09. The predicted molar refractivity (Wildman–Crippen MR) is 81.0 cm³/mol. The summed E-state index contributed by atoms with van der Waals surface area (Å²) in [6.45, 7) is 0.960. The van der Waals surface area contributed by atoms with Crippen LogP contribution in [0.4, 0.5) is 5.69 Å². The molecule has 6 heteroatoms.